The largest absolute Gasteiger partial charge is 0.486 e. The molecule has 28 heavy (non-hydrogen) atoms. The number of carbonyl (C=O) groups is 2. The number of ether oxygens (including phenoxy) is 1. The molecule has 0 aliphatic carbocycles. The zero-order valence-electron chi connectivity index (χ0n) is 15.1. The number of hydrogen-bond donors (Lipinski definition) is 1. The quantitative estimate of drug-likeness (QED) is 0.636. The smallest absolute Gasteiger partial charge is 0.275 e. The van der Waals surface area contributed by atoms with Crippen molar-refractivity contribution in [1.82, 2.24) is 15.6 Å². The molecular weight excluding hydrogens is 402 g/mol. The first-order chi connectivity index (χ1) is 13.4. The van der Waals surface area contributed by atoms with Crippen LogP contribution < -0.4 is 10.1 Å². The van der Waals surface area contributed by atoms with Gasteiger partial charge in [-0.2, -0.15) is 0 Å². The highest BCUT2D eigenvalue weighted by Crippen LogP contribution is 2.41. The number of amides is 1. The topological polar surface area (TPSA) is 94.3 Å². The molecule has 0 saturated heterocycles. The molecule has 1 N–H and O–H groups in total. The van der Waals surface area contributed by atoms with Crippen molar-refractivity contribution < 1.29 is 19.0 Å². The van der Waals surface area contributed by atoms with Gasteiger partial charge in [0.05, 0.1) is 16.4 Å². The number of aryl methyl sites for hydroxylation is 1. The molecule has 0 fully saturated rings. The second-order valence-electron chi connectivity index (χ2n) is 6.52. The summed E-state index contributed by atoms with van der Waals surface area (Å²) in [4.78, 5) is 25.4. The van der Waals surface area contributed by atoms with Crippen molar-refractivity contribution in [2.24, 2.45) is 0 Å². The van der Waals surface area contributed by atoms with Gasteiger partial charge < -0.3 is 10.1 Å². The average Bonchev–Trinajstić information content (AvgIpc) is 3.38. The van der Waals surface area contributed by atoms with E-state index in [1.807, 2.05) is 24.3 Å². The lowest BCUT2D eigenvalue weighted by Crippen LogP contribution is -2.34. The predicted octanol–water partition coefficient (Wildman–Crippen LogP) is 3.70. The number of thiophene rings is 1. The number of aromatic nitrogens is 2. The third-order valence-electron chi connectivity index (χ3n) is 4.45. The Balaban J connectivity index is 1.47. The van der Waals surface area contributed by atoms with Crippen LogP contribution >= 0.6 is 22.9 Å². The van der Waals surface area contributed by atoms with Crippen LogP contribution in [0.2, 0.25) is 5.02 Å². The summed E-state index contributed by atoms with van der Waals surface area (Å²) in [6, 6.07) is 7.59. The van der Waals surface area contributed by atoms with Crippen LogP contribution in [0.5, 0.6) is 5.75 Å². The van der Waals surface area contributed by atoms with E-state index in [9.17, 15) is 9.59 Å². The fraction of sp³-hybridized carbons (Fsp3) is 0.263. The van der Waals surface area contributed by atoms with Crippen molar-refractivity contribution in [1.29, 1.82) is 0 Å². The Bertz CT molecular complexity index is 1080. The number of Topliss-reactive ketones (excluding diaryl/α,β-unsaturated/α-hetero) is 1. The standard InChI is InChI=1S/C19H16ClN3O4S/c1-9-17(23-27-22-9)19(25)21-8-13-6-12-5-11(7-14(20)18(12)26-13)16-4-3-15(28-16)10(2)24/h3-5,7,13H,6,8H2,1-2H3,(H,21,25). The van der Waals surface area contributed by atoms with Gasteiger partial charge in [-0.05, 0) is 48.8 Å². The fourth-order valence-corrected chi connectivity index (χ4v) is 4.23. The maximum Gasteiger partial charge on any atom is 0.275 e. The average molecular weight is 418 g/mol. The van der Waals surface area contributed by atoms with Gasteiger partial charge in [0, 0.05) is 16.9 Å². The van der Waals surface area contributed by atoms with Crippen molar-refractivity contribution in [3.8, 4) is 16.2 Å². The normalized spacial score (nSPS) is 15.2. The zero-order chi connectivity index (χ0) is 19.8. The summed E-state index contributed by atoms with van der Waals surface area (Å²) in [6.07, 6.45) is 0.382. The first-order valence-electron chi connectivity index (χ1n) is 8.60. The van der Waals surface area contributed by atoms with Gasteiger partial charge in [-0.1, -0.05) is 16.8 Å². The number of halogens is 1. The molecule has 7 nitrogen and oxygen atoms in total. The third kappa shape index (κ3) is 3.53. The molecule has 1 aliphatic rings. The van der Waals surface area contributed by atoms with Crippen molar-refractivity contribution in [2.75, 3.05) is 6.54 Å². The molecule has 0 spiro atoms. The minimum atomic E-state index is -0.361. The Morgan fingerprint density at radius 3 is 2.82 bits per heavy atom. The van der Waals surface area contributed by atoms with Gasteiger partial charge in [-0.3, -0.25) is 9.59 Å². The lowest BCUT2D eigenvalue weighted by Gasteiger charge is -2.11. The molecule has 1 amide bonds. The van der Waals surface area contributed by atoms with Crippen LogP contribution in [-0.2, 0) is 6.42 Å². The number of benzene rings is 1. The first-order valence-corrected chi connectivity index (χ1v) is 9.79. The summed E-state index contributed by atoms with van der Waals surface area (Å²) in [5.41, 5.74) is 2.51. The lowest BCUT2D eigenvalue weighted by molar-refractivity contribution is 0.0922. The van der Waals surface area contributed by atoms with E-state index in [1.54, 1.807) is 13.8 Å². The lowest BCUT2D eigenvalue weighted by atomic mass is 10.1. The van der Waals surface area contributed by atoms with Gasteiger partial charge >= 0.3 is 0 Å². The van der Waals surface area contributed by atoms with E-state index >= 15 is 0 Å². The van der Waals surface area contributed by atoms with E-state index in [0.717, 1.165) is 16.0 Å². The summed E-state index contributed by atoms with van der Waals surface area (Å²) in [5.74, 6) is 0.313. The van der Waals surface area contributed by atoms with Crippen LogP contribution in [0.3, 0.4) is 0 Å². The van der Waals surface area contributed by atoms with Crippen molar-refractivity contribution >= 4 is 34.6 Å². The molecule has 4 rings (SSSR count). The van der Waals surface area contributed by atoms with E-state index in [-0.39, 0.29) is 23.5 Å². The molecule has 3 aromatic rings. The number of nitrogens with one attached hydrogen (secondary N) is 1. The van der Waals surface area contributed by atoms with Crippen LogP contribution in [0.4, 0.5) is 0 Å². The zero-order valence-corrected chi connectivity index (χ0v) is 16.7. The summed E-state index contributed by atoms with van der Waals surface area (Å²) >= 11 is 7.85. The summed E-state index contributed by atoms with van der Waals surface area (Å²) < 4.78 is 10.5. The fourth-order valence-electron chi connectivity index (χ4n) is 3.05. The highest BCUT2D eigenvalue weighted by molar-refractivity contribution is 7.17. The Kier molecular flexibility index (Phi) is 4.91. The molecule has 0 saturated carbocycles. The van der Waals surface area contributed by atoms with Gasteiger partial charge in [-0.25, -0.2) is 4.63 Å². The third-order valence-corrected chi connectivity index (χ3v) is 5.96. The van der Waals surface area contributed by atoms with Crippen LogP contribution in [0, 0.1) is 6.92 Å². The molecule has 2 aromatic heterocycles. The van der Waals surface area contributed by atoms with Gasteiger partial charge in [-0.15, -0.1) is 11.3 Å². The molecule has 1 unspecified atom stereocenters. The molecule has 0 radical (unpaired) electrons. The molecular formula is C19H16ClN3O4S. The number of fused-ring (bicyclic) bond motifs is 1. The van der Waals surface area contributed by atoms with E-state index in [0.29, 0.717) is 34.3 Å². The van der Waals surface area contributed by atoms with Crippen LogP contribution in [-0.4, -0.2) is 34.7 Å². The van der Waals surface area contributed by atoms with E-state index < -0.39 is 0 Å². The van der Waals surface area contributed by atoms with E-state index in [2.05, 4.69) is 20.3 Å². The molecule has 1 aromatic carbocycles. The Morgan fingerprint density at radius 2 is 2.14 bits per heavy atom. The summed E-state index contributed by atoms with van der Waals surface area (Å²) in [7, 11) is 0. The number of carbonyl (C=O) groups excluding carboxylic acids is 2. The minimum Gasteiger partial charge on any atom is -0.486 e. The highest BCUT2D eigenvalue weighted by Gasteiger charge is 2.27. The second kappa shape index (κ2) is 7.37. The Labute approximate surface area is 169 Å². The first kappa shape index (κ1) is 18.6. The Morgan fingerprint density at radius 1 is 1.32 bits per heavy atom. The maximum atomic E-state index is 12.1. The van der Waals surface area contributed by atoms with Crippen molar-refractivity contribution in [2.45, 2.75) is 26.4 Å². The summed E-state index contributed by atoms with van der Waals surface area (Å²) in [5, 5.41) is 10.5. The molecule has 3 heterocycles. The van der Waals surface area contributed by atoms with Gasteiger partial charge in [0.15, 0.2) is 11.5 Å². The molecule has 0 bridgehead atoms. The molecule has 1 aliphatic heterocycles. The number of nitrogens with zero attached hydrogens (tertiary/aromatic N) is 2. The van der Waals surface area contributed by atoms with Crippen molar-refractivity contribution in [3.05, 3.63) is 51.1 Å². The highest BCUT2D eigenvalue weighted by atomic mass is 35.5. The number of hydrogen-bond acceptors (Lipinski definition) is 7. The number of ketones is 1. The van der Waals surface area contributed by atoms with E-state index in [4.69, 9.17) is 16.3 Å². The second-order valence-corrected chi connectivity index (χ2v) is 8.01. The predicted molar refractivity (Wildman–Crippen MR) is 104 cm³/mol. The van der Waals surface area contributed by atoms with Gasteiger partial charge in [0.25, 0.3) is 5.91 Å². The molecule has 144 valence electrons. The SMILES string of the molecule is CC(=O)c1ccc(-c2cc(Cl)c3c(c2)CC(CNC(=O)c2nonc2C)O3)s1. The van der Waals surface area contributed by atoms with Gasteiger partial charge in [0.1, 0.15) is 17.5 Å². The van der Waals surface area contributed by atoms with Gasteiger partial charge in [0.2, 0.25) is 0 Å². The van der Waals surface area contributed by atoms with Crippen molar-refractivity contribution in [3.63, 3.8) is 0 Å². The van der Waals surface area contributed by atoms with Crippen LogP contribution in [0.15, 0.2) is 28.9 Å². The monoisotopic (exact) mass is 417 g/mol. The Hall–Kier alpha value is -2.71. The molecule has 1 atom stereocenters. The van der Waals surface area contributed by atoms with E-state index in [1.165, 1.54) is 11.3 Å². The maximum absolute atomic E-state index is 12.1. The number of rotatable bonds is 5. The minimum absolute atomic E-state index is 0.0418. The van der Waals surface area contributed by atoms with Crippen LogP contribution in [0.1, 0.15) is 38.3 Å². The summed E-state index contributed by atoms with van der Waals surface area (Å²) in [6.45, 7) is 3.50. The molecule has 9 heteroatoms. The van der Waals surface area contributed by atoms with Crippen LogP contribution in [0.25, 0.3) is 10.4 Å².